The van der Waals surface area contributed by atoms with Crippen molar-refractivity contribution < 1.29 is 19.8 Å². The van der Waals surface area contributed by atoms with Crippen molar-refractivity contribution in [2.24, 2.45) is 5.92 Å². The van der Waals surface area contributed by atoms with Gasteiger partial charge in [-0.1, -0.05) is 38.8 Å². The SMILES string of the molecule is CCCC#CC[C@H](C)[C@@H](O)C=C[C@H]1CCC(=O)N1CCCCCCC(=O)O. The molecular formula is C22H35NO4. The second-order valence-electron chi connectivity index (χ2n) is 7.41. The van der Waals surface area contributed by atoms with Gasteiger partial charge in [0, 0.05) is 32.2 Å². The number of carboxylic acid groups (broad SMARTS) is 1. The molecule has 0 spiro atoms. The fourth-order valence-corrected chi connectivity index (χ4v) is 3.16. The van der Waals surface area contributed by atoms with Crippen LogP contribution in [0.4, 0.5) is 0 Å². The molecule has 1 amide bonds. The van der Waals surface area contributed by atoms with Crippen molar-refractivity contribution in [2.75, 3.05) is 6.54 Å². The summed E-state index contributed by atoms with van der Waals surface area (Å²) >= 11 is 0. The molecule has 5 nitrogen and oxygen atoms in total. The predicted octanol–water partition coefficient (Wildman–Crippen LogP) is 3.76. The van der Waals surface area contributed by atoms with E-state index in [1.54, 1.807) is 0 Å². The number of unbranched alkanes of at least 4 members (excludes halogenated alkanes) is 4. The summed E-state index contributed by atoms with van der Waals surface area (Å²) < 4.78 is 0. The number of aliphatic hydroxyl groups is 1. The average Bonchev–Trinajstić information content (AvgIpc) is 2.99. The lowest BCUT2D eigenvalue weighted by atomic mass is 9.99. The van der Waals surface area contributed by atoms with Crippen LogP contribution in [0.3, 0.4) is 0 Å². The van der Waals surface area contributed by atoms with Crippen molar-refractivity contribution in [1.82, 2.24) is 4.90 Å². The van der Waals surface area contributed by atoms with Crippen LogP contribution in [0, 0.1) is 17.8 Å². The Balaban J connectivity index is 2.38. The van der Waals surface area contributed by atoms with E-state index in [1.165, 1.54) is 0 Å². The smallest absolute Gasteiger partial charge is 0.303 e. The van der Waals surface area contributed by atoms with Crippen LogP contribution in [0.25, 0.3) is 0 Å². The first-order valence-corrected chi connectivity index (χ1v) is 10.3. The molecule has 2 N–H and O–H groups in total. The molecule has 1 rings (SSSR count). The Bertz CT molecular complexity index is 546. The third-order valence-corrected chi connectivity index (χ3v) is 4.95. The van der Waals surface area contributed by atoms with E-state index >= 15 is 0 Å². The van der Waals surface area contributed by atoms with Crippen LogP contribution in [0.5, 0.6) is 0 Å². The van der Waals surface area contributed by atoms with Gasteiger partial charge in [0.05, 0.1) is 12.1 Å². The van der Waals surface area contributed by atoms with Crippen molar-refractivity contribution in [3.05, 3.63) is 12.2 Å². The second kappa shape index (κ2) is 13.4. The highest BCUT2D eigenvalue weighted by atomic mass is 16.4. The number of carbonyl (C=O) groups is 2. The highest BCUT2D eigenvalue weighted by molar-refractivity contribution is 5.79. The van der Waals surface area contributed by atoms with Gasteiger partial charge in [-0.3, -0.25) is 9.59 Å². The molecule has 0 aromatic rings. The zero-order valence-corrected chi connectivity index (χ0v) is 16.8. The molecule has 27 heavy (non-hydrogen) atoms. The van der Waals surface area contributed by atoms with E-state index in [-0.39, 0.29) is 24.3 Å². The van der Waals surface area contributed by atoms with Gasteiger partial charge in [0.15, 0.2) is 0 Å². The fourth-order valence-electron chi connectivity index (χ4n) is 3.16. The number of hydrogen-bond acceptors (Lipinski definition) is 3. The number of hydrogen-bond donors (Lipinski definition) is 2. The highest BCUT2D eigenvalue weighted by Gasteiger charge is 2.28. The van der Waals surface area contributed by atoms with Gasteiger partial charge >= 0.3 is 5.97 Å². The molecule has 152 valence electrons. The van der Waals surface area contributed by atoms with Crippen molar-refractivity contribution >= 4 is 11.9 Å². The summed E-state index contributed by atoms with van der Waals surface area (Å²) in [7, 11) is 0. The van der Waals surface area contributed by atoms with Crippen LogP contribution in [-0.2, 0) is 9.59 Å². The van der Waals surface area contributed by atoms with Gasteiger partial charge in [-0.25, -0.2) is 0 Å². The first kappa shape index (κ1) is 23.2. The Morgan fingerprint density at radius 2 is 2.04 bits per heavy atom. The van der Waals surface area contributed by atoms with Crippen LogP contribution in [0.1, 0.15) is 78.1 Å². The molecule has 0 aromatic heterocycles. The summed E-state index contributed by atoms with van der Waals surface area (Å²) in [5.74, 6) is 5.71. The van der Waals surface area contributed by atoms with Gasteiger partial charge in [-0.15, -0.1) is 11.8 Å². The van der Waals surface area contributed by atoms with E-state index in [1.807, 2.05) is 24.0 Å². The normalized spacial score (nSPS) is 19.1. The summed E-state index contributed by atoms with van der Waals surface area (Å²) in [5.41, 5.74) is 0. The molecule has 0 radical (unpaired) electrons. The number of aliphatic hydroxyl groups excluding tert-OH is 1. The fraction of sp³-hybridized carbons (Fsp3) is 0.727. The van der Waals surface area contributed by atoms with Crippen molar-refractivity contribution in [3.8, 4) is 11.8 Å². The van der Waals surface area contributed by atoms with Crippen LogP contribution in [-0.4, -0.2) is 45.7 Å². The Kier molecular flexibility index (Phi) is 11.5. The Labute approximate surface area is 163 Å². The topological polar surface area (TPSA) is 77.8 Å². The first-order valence-electron chi connectivity index (χ1n) is 10.3. The third-order valence-electron chi connectivity index (χ3n) is 4.95. The van der Waals surface area contributed by atoms with Crippen molar-refractivity contribution in [1.29, 1.82) is 0 Å². The minimum absolute atomic E-state index is 0.0598. The van der Waals surface area contributed by atoms with Gasteiger partial charge in [-0.05, 0) is 31.6 Å². The van der Waals surface area contributed by atoms with Gasteiger partial charge in [-0.2, -0.15) is 0 Å². The summed E-state index contributed by atoms with van der Waals surface area (Å²) in [6.45, 7) is 4.79. The maximum atomic E-state index is 12.1. The maximum absolute atomic E-state index is 12.1. The molecule has 3 atom stereocenters. The monoisotopic (exact) mass is 377 g/mol. The molecule has 1 fully saturated rings. The van der Waals surface area contributed by atoms with E-state index in [2.05, 4.69) is 18.8 Å². The van der Waals surface area contributed by atoms with E-state index in [0.29, 0.717) is 25.8 Å². The molecule has 1 aliphatic rings. The molecule has 1 saturated heterocycles. The Hall–Kier alpha value is -1.80. The first-order chi connectivity index (χ1) is 13.0. The number of likely N-dealkylation sites (tertiary alicyclic amines) is 1. The minimum Gasteiger partial charge on any atom is -0.481 e. The number of amides is 1. The Morgan fingerprint density at radius 3 is 2.74 bits per heavy atom. The number of carbonyl (C=O) groups excluding carboxylic acids is 1. The number of aliphatic carboxylic acids is 1. The number of rotatable bonds is 12. The van der Waals surface area contributed by atoms with Gasteiger partial charge in [0.2, 0.25) is 5.91 Å². The second-order valence-corrected chi connectivity index (χ2v) is 7.41. The molecular weight excluding hydrogens is 342 g/mol. The number of nitrogens with zero attached hydrogens (tertiary/aromatic N) is 1. The molecule has 0 saturated carbocycles. The molecule has 0 aliphatic carbocycles. The molecule has 0 bridgehead atoms. The quantitative estimate of drug-likeness (QED) is 0.308. The summed E-state index contributed by atoms with van der Waals surface area (Å²) in [6.07, 6.45) is 10.8. The van der Waals surface area contributed by atoms with E-state index in [0.717, 1.165) is 38.5 Å². The van der Waals surface area contributed by atoms with E-state index < -0.39 is 12.1 Å². The average molecular weight is 378 g/mol. The minimum atomic E-state index is -0.751. The molecule has 1 heterocycles. The van der Waals surface area contributed by atoms with Crippen molar-refractivity contribution in [2.45, 2.75) is 90.2 Å². The number of carboxylic acids is 1. The van der Waals surface area contributed by atoms with E-state index in [4.69, 9.17) is 5.11 Å². The lowest BCUT2D eigenvalue weighted by Crippen LogP contribution is -2.33. The lowest BCUT2D eigenvalue weighted by Gasteiger charge is -2.23. The molecule has 0 unspecified atom stereocenters. The van der Waals surface area contributed by atoms with E-state index in [9.17, 15) is 14.7 Å². The zero-order valence-electron chi connectivity index (χ0n) is 16.8. The van der Waals surface area contributed by atoms with Gasteiger partial charge < -0.3 is 15.1 Å². The standard InChI is InChI=1S/C22H35NO4/c1-3-4-5-8-11-18(2)20(24)15-13-19-14-16-21(25)23(19)17-10-7-6-9-12-22(26)27/h13,15,18-20,24H,3-4,6-7,9-12,14,16-17H2,1-2H3,(H,26,27)/t18-,19-,20-/m0/s1. The highest BCUT2D eigenvalue weighted by Crippen LogP contribution is 2.21. The lowest BCUT2D eigenvalue weighted by molar-refractivity contribution is -0.137. The molecule has 0 aromatic carbocycles. The zero-order chi connectivity index (χ0) is 20.1. The Morgan fingerprint density at radius 1 is 1.30 bits per heavy atom. The third kappa shape index (κ3) is 9.63. The predicted molar refractivity (Wildman–Crippen MR) is 107 cm³/mol. The van der Waals surface area contributed by atoms with Crippen LogP contribution in [0.15, 0.2) is 12.2 Å². The largest absolute Gasteiger partial charge is 0.481 e. The maximum Gasteiger partial charge on any atom is 0.303 e. The molecule has 1 aliphatic heterocycles. The van der Waals surface area contributed by atoms with Crippen molar-refractivity contribution in [3.63, 3.8) is 0 Å². The van der Waals surface area contributed by atoms with Crippen LogP contribution < -0.4 is 0 Å². The molecule has 5 heteroatoms. The van der Waals surface area contributed by atoms with Crippen LogP contribution in [0.2, 0.25) is 0 Å². The summed E-state index contributed by atoms with van der Waals surface area (Å²) in [5, 5.41) is 18.9. The van der Waals surface area contributed by atoms with Crippen LogP contribution >= 0.6 is 0 Å². The summed E-state index contributed by atoms with van der Waals surface area (Å²) in [6, 6.07) is 0.0598. The van der Waals surface area contributed by atoms with Gasteiger partial charge in [0.25, 0.3) is 0 Å². The van der Waals surface area contributed by atoms with Gasteiger partial charge in [0.1, 0.15) is 0 Å². The summed E-state index contributed by atoms with van der Waals surface area (Å²) in [4.78, 5) is 24.5.